The minimum Gasteiger partial charge on any atom is -0.458 e. The van der Waals surface area contributed by atoms with E-state index < -0.39 is 59.2 Å². The van der Waals surface area contributed by atoms with Crippen molar-refractivity contribution in [3.8, 4) is 0 Å². The van der Waals surface area contributed by atoms with Crippen molar-refractivity contribution in [1.82, 2.24) is 15.5 Å². The molecule has 0 aromatic heterocycles. The Bertz CT molecular complexity index is 1310. The van der Waals surface area contributed by atoms with Crippen molar-refractivity contribution < 1.29 is 28.7 Å². The average Bonchev–Trinajstić information content (AvgIpc) is 2.99. The topological polar surface area (TPSA) is 114 Å². The van der Waals surface area contributed by atoms with E-state index in [1.54, 1.807) is 46.4 Å². The molecule has 2 aromatic rings. The second kappa shape index (κ2) is 17.3. The molecule has 2 N–H and O–H groups in total. The van der Waals surface area contributed by atoms with Crippen LogP contribution in [-0.2, 0) is 36.7 Å². The lowest BCUT2D eigenvalue weighted by Crippen LogP contribution is -2.58. The Morgan fingerprint density at radius 1 is 0.745 bits per heavy atom. The number of ether oxygens (including phenoxy) is 2. The van der Waals surface area contributed by atoms with Gasteiger partial charge in [0.15, 0.2) is 0 Å². The van der Waals surface area contributed by atoms with Crippen molar-refractivity contribution in [3.05, 3.63) is 71.3 Å². The van der Waals surface area contributed by atoms with E-state index in [0.29, 0.717) is 18.4 Å². The number of carbonyl (C=O) groups is 4. The number of amides is 3. The van der Waals surface area contributed by atoms with Gasteiger partial charge in [0.1, 0.15) is 29.3 Å². The van der Waals surface area contributed by atoms with Crippen LogP contribution >= 0.6 is 0 Å². The molecule has 2 rings (SSSR count). The average molecular weight is 652 g/mol. The molecule has 0 aliphatic rings. The van der Waals surface area contributed by atoms with Crippen LogP contribution in [0.1, 0.15) is 112 Å². The fourth-order valence-corrected chi connectivity index (χ4v) is 5.11. The van der Waals surface area contributed by atoms with Crippen LogP contribution in [0.5, 0.6) is 0 Å². The fraction of sp³-hybridized carbons (Fsp3) is 0.579. The summed E-state index contributed by atoms with van der Waals surface area (Å²) in [4.78, 5) is 57.3. The first-order valence-corrected chi connectivity index (χ1v) is 16.9. The number of alkyl carbamates (subject to hydrolysis) is 1. The molecule has 260 valence electrons. The first-order valence-electron chi connectivity index (χ1n) is 16.9. The highest BCUT2D eigenvalue weighted by molar-refractivity contribution is 5.94. The molecule has 0 bridgehead atoms. The second-order valence-corrected chi connectivity index (χ2v) is 14.3. The maximum Gasteiger partial charge on any atom is 0.408 e. The van der Waals surface area contributed by atoms with Gasteiger partial charge in [0, 0.05) is 12.5 Å². The van der Waals surface area contributed by atoms with Crippen molar-refractivity contribution in [2.24, 2.45) is 5.92 Å². The van der Waals surface area contributed by atoms with Gasteiger partial charge >= 0.3 is 12.1 Å². The summed E-state index contributed by atoms with van der Waals surface area (Å²) in [6, 6.07) is 13.5. The van der Waals surface area contributed by atoms with Gasteiger partial charge in [-0.3, -0.25) is 9.59 Å². The molecule has 0 aliphatic heterocycles. The zero-order valence-corrected chi connectivity index (χ0v) is 30.3. The van der Waals surface area contributed by atoms with Crippen LogP contribution in [0.2, 0.25) is 0 Å². The number of benzene rings is 2. The summed E-state index contributed by atoms with van der Waals surface area (Å²) in [5, 5.41) is 5.77. The quantitative estimate of drug-likeness (QED) is 0.214. The zero-order valence-electron chi connectivity index (χ0n) is 30.3. The number of nitrogens with zero attached hydrogens (tertiary/aromatic N) is 1. The third kappa shape index (κ3) is 12.3. The predicted molar refractivity (Wildman–Crippen MR) is 186 cm³/mol. The van der Waals surface area contributed by atoms with Crippen molar-refractivity contribution in [1.29, 1.82) is 0 Å². The molecule has 0 fully saturated rings. The highest BCUT2D eigenvalue weighted by atomic mass is 16.6. The van der Waals surface area contributed by atoms with Crippen LogP contribution in [0, 0.1) is 5.92 Å². The molecule has 0 saturated heterocycles. The molecule has 0 aliphatic carbocycles. The standard InChI is InChI=1S/C38H57N3O6/c1-12-25(4)31(40-36(45)47-38(9,10)11)34(43)41(26(5)13-2)32(29-22-20-27(14-3)21-23-29)33(42)39-30(35(44)46-37(6,7)8)24-28-18-16-15-17-19-28/h15-23,25-26,30-32H,12-14,24H2,1-11H3,(H,39,42)(H,40,45). The summed E-state index contributed by atoms with van der Waals surface area (Å²) in [5.74, 6) is -1.76. The van der Waals surface area contributed by atoms with Crippen LogP contribution < -0.4 is 10.6 Å². The molecule has 9 heteroatoms. The molecule has 0 spiro atoms. The van der Waals surface area contributed by atoms with Crippen LogP contribution in [-0.4, -0.2) is 58.1 Å². The van der Waals surface area contributed by atoms with Crippen LogP contribution in [0.15, 0.2) is 54.6 Å². The lowest BCUT2D eigenvalue weighted by Gasteiger charge is -2.40. The predicted octanol–water partition coefficient (Wildman–Crippen LogP) is 6.93. The van der Waals surface area contributed by atoms with Crippen LogP contribution in [0.3, 0.4) is 0 Å². The van der Waals surface area contributed by atoms with Crippen molar-refractivity contribution in [2.75, 3.05) is 0 Å². The molecule has 0 saturated carbocycles. The van der Waals surface area contributed by atoms with Gasteiger partial charge in [-0.05, 0) is 83.9 Å². The molecule has 5 atom stereocenters. The van der Waals surface area contributed by atoms with Crippen molar-refractivity contribution >= 4 is 23.9 Å². The maximum atomic E-state index is 14.7. The van der Waals surface area contributed by atoms with Gasteiger partial charge in [0.05, 0.1) is 0 Å². The molecular weight excluding hydrogens is 594 g/mol. The van der Waals surface area contributed by atoms with Gasteiger partial charge in [0.25, 0.3) is 0 Å². The Morgan fingerprint density at radius 3 is 1.81 bits per heavy atom. The van der Waals surface area contributed by atoms with E-state index >= 15 is 0 Å². The van der Waals surface area contributed by atoms with Gasteiger partial charge < -0.3 is 25.0 Å². The SMILES string of the molecule is CCc1ccc(C(C(=O)NC(Cc2ccccc2)C(=O)OC(C)(C)C)N(C(=O)C(NC(=O)OC(C)(C)C)C(C)CC)C(C)CC)cc1. The molecule has 47 heavy (non-hydrogen) atoms. The first kappa shape index (κ1) is 39.3. The molecule has 5 unspecified atom stereocenters. The molecule has 3 amide bonds. The van der Waals surface area contributed by atoms with Gasteiger partial charge in [-0.1, -0.05) is 88.7 Å². The van der Waals surface area contributed by atoms with Crippen molar-refractivity contribution in [2.45, 2.75) is 137 Å². The number of esters is 1. The third-order valence-electron chi connectivity index (χ3n) is 7.99. The smallest absolute Gasteiger partial charge is 0.408 e. The molecular formula is C38H57N3O6. The third-order valence-corrected chi connectivity index (χ3v) is 7.99. The molecule has 9 nitrogen and oxygen atoms in total. The van der Waals surface area contributed by atoms with Gasteiger partial charge in [-0.25, -0.2) is 9.59 Å². The summed E-state index contributed by atoms with van der Waals surface area (Å²) in [7, 11) is 0. The van der Waals surface area contributed by atoms with E-state index in [4.69, 9.17) is 9.47 Å². The minimum atomic E-state index is -1.10. The monoisotopic (exact) mass is 651 g/mol. The highest BCUT2D eigenvalue weighted by Crippen LogP contribution is 2.29. The number of nitrogens with one attached hydrogen (secondary N) is 2. The largest absolute Gasteiger partial charge is 0.458 e. The Hall–Kier alpha value is -3.88. The Labute approximate surface area is 282 Å². The molecule has 0 radical (unpaired) electrons. The van der Waals surface area contributed by atoms with Gasteiger partial charge in [-0.15, -0.1) is 0 Å². The number of aryl methyl sites for hydroxylation is 1. The maximum absolute atomic E-state index is 14.7. The van der Waals surface area contributed by atoms with E-state index in [-0.39, 0.29) is 12.3 Å². The lowest BCUT2D eigenvalue weighted by molar-refractivity contribution is -0.159. The number of hydrogen-bond acceptors (Lipinski definition) is 6. The fourth-order valence-electron chi connectivity index (χ4n) is 5.11. The Balaban J connectivity index is 2.67. The normalized spacial score (nSPS) is 15.0. The summed E-state index contributed by atoms with van der Waals surface area (Å²) in [6.07, 6.45) is 1.44. The Kier molecular flexibility index (Phi) is 14.5. The number of rotatable bonds is 14. The zero-order chi connectivity index (χ0) is 35.5. The number of carbonyl (C=O) groups excluding carboxylic acids is 4. The van der Waals surface area contributed by atoms with E-state index in [1.165, 1.54) is 0 Å². The first-order chi connectivity index (χ1) is 21.9. The molecule has 0 heterocycles. The second-order valence-electron chi connectivity index (χ2n) is 14.3. The van der Waals surface area contributed by atoms with Crippen LogP contribution in [0.25, 0.3) is 0 Å². The summed E-state index contributed by atoms with van der Waals surface area (Å²) in [5.41, 5.74) is 0.982. The molecule has 2 aromatic carbocycles. The van der Waals surface area contributed by atoms with E-state index in [2.05, 4.69) is 10.6 Å². The Morgan fingerprint density at radius 2 is 1.32 bits per heavy atom. The highest BCUT2D eigenvalue weighted by Gasteiger charge is 2.41. The minimum absolute atomic E-state index is 0.204. The van der Waals surface area contributed by atoms with Crippen LogP contribution in [0.4, 0.5) is 4.79 Å². The summed E-state index contributed by atoms with van der Waals surface area (Å²) in [6.45, 7) is 20.3. The van der Waals surface area contributed by atoms with Gasteiger partial charge in [0.2, 0.25) is 11.8 Å². The number of hydrogen-bond donors (Lipinski definition) is 2. The lowest BCUT2D eigenvalue weighted by atomic mass is 9.93. The van der Waals surface area contributed by atoms with E-state index in [0.717, 1.165) is 17.5 Å². The van der Waals surface area contributed by atoms with E-state index in [9.17, 15) is 19.2 Å². The summed E-state index contributed by atoms with van der Waals surface area (Å²) < 4.78 is 11.3. The summed E-state index contributed by atoms with van der Waals surface area (Å²) >= 11 is 0. The van der Waals surface area contributed by atoms with Gasteiger partial charge in [-0.2, -0.15) is 0 Å². The van der Waals surface area contributed by atoms with E-state index in [1.807, 2.05) is 89.2 Å². The van der Waals surface area contributed by atoms with Crippen molar-refractivity contribution in [3.63, 3.8) is 0 Å².